The summed E-state index contributed by atoms with van der Waals surface area (Å²) in [5.41, 5.74) is 3.59. The molecule has 0 spiro atoms. The number of aryl methyl sites for hydroxylation is 2. The minimum Gasteiger partial charge on any atom is -0.354 e. The number of hydrogen-bond acceptors (Lipinski definition) is 4. The lowest BCUT2D eigenvalue weighted by Gasteiger charge is -2.15. The van der Waals surface area contributed by atoms with E-state index in [9.17, 15) is 9.59 Å². The Bertz CT molecular complexity index is 1280. The number of aromatic nitrogens is 4. The summed E-state index contributed by atoms with van der Waals surface area (Å²) in [7, 11) is 0. The van der Waals surface area contributed by atoms with E-state index in [1.54, 1.807) is 18.5 Å². The van der Waals surface area contributed by atoms with E-state index >= 15 is 0 Å². The van der Waals surface area contributed by atoms with Crippen molar-refractivity contribution in [2.24, 2.45) is 0 Å². The monoisotopic (exact) mass is 415 g/mol. The quantitative estimate of drug-likeness (QED) is 0.525. The van der Waals surface area contributed by atoms with Crippen LogP contribution in [0.2, 0.25) is 0 Å². The van der Waals surface area contributed by atoms with E-state index in [1.807, 2.05) is 67.6 Å². The molecule has 4 aromatic rings. The Morgan fingerprint density at radius 2 is 1.65 bits per heavy atom. The van der Waals surface area contributed by atoms with Gasteiger partial charge in [0.1, 0.15) is 11.6 Å². The molecule has 2 heterocycles. The van der Waals surface area contributed by atoms with Gasteiger partial charge in [0, 0.05) is 6.54 Å². The van der Waals surface area contributed by atoms with Crippen LogP contribution >= 0.6 is 0 Å². The van der Waals surface area contributed by atoms with Gasteiger partial charge in [-0.1, -0.05) is 48.5 Å². The number of rotatable bonds is 6. The SMILES string of the molecule is Cc1nn([C@H](C)C(=O)NCCc2ccccc2)c(=O)c2c(C)n(-c3ccccc3)nc12. The maximum atomic E-state index is 13.3. The molecule has 1 atom stereocenters. The summed E-state index contributed by atoms with van der Waals surface area (Å²) < 4.78 is 3.01. The predicted octanol–water partition coefficient (Wildman–Crippen LogP) is 3.12. The summed E-state index contributed by atoms with van der Waals surface area (Å²) in [4.78, 5) is 26.0. The molecule has 0 saturated heterocycles. The molecule has 0 aliphatic carbocycles. The number of hydrogen-bond donors (Lipinski definition) is 1. The molecule has 1 N–H and O–H groups in total. The summed E-state index contributed by atoms with van der Waals surface area (Å²) in [6, 6.07) is 18.9. The second-order valence-corrected chi connectivity index (χ2v) is 7.59. The van der Waals surface area contributed by atoms with Crippen molar-refractivity contribution < 1.29 is 4.79 Å². The molecule has 158 valence electrons. The molecule has 2 aromatic heterocycles. The molecule has 1 amide bonds. The molecule has 7 heteroatoms. The molecule has 0 radical (unpaired) electrons. The highest BCUT2D eigenvalue weighted by Crippen LogP contribution is 2.20. The second-order valence-electron chi connectivity index (χ2n) is 7.59. The number of para-hydroxylation sites is 1. The highest BCUT2D eigenvalue weighted by molar-refractivity contribution is 5.84. The summed E-state index contributed by atoms with van der Waals surface area (Å²) in [6.07, 6.45) is 0.725. The van der Waals surface area contributed by atoms with Crippen molar-refractivity contribution in [3.63, 3.8) is 0 Å². The number of carbonyl (C=O) groups is 1. The zero-order valence-corrected chi connectivity index (χ0v) is 17.9. The van der Waals surface area contributed by atoms with Gasteiger partial charge in [-0.3, -0.25) is 9.59 Å². The molecular weight excluding hydrogens is 390 g/mol. The minimum absolute atomic E-state index is 0.239. The smallest absolute Gasteiger partial charge is 0.278 e. The molecule has 0 unspecified atom stereocenters. The zero-order valence-electron chi connectivity index (χ0n) is 17.9. The fraction of sp³-hybridized carbons (Fsp3) is 0.250. The first-order chi connectivity index (χ1) is 15.0. The third-order valence-corrected chi connectivity index (χ3v) is 5.44. The van der Waals surface area contributed by atoms with Crippen LogP contribution < -0.4 is 10.9 Å². The van der Waals surface area contributed by atoms with Crippen molar-refractivity contribution in [1.29, 1.82) is 0 Å². The van der Waals surface area contributed by atoms with Crippen LogP contribution in [0.3, 0.4) is 0 Å². The predicted molar refractivity (Wildman–Crippen MR) is 120 cm³/mol. The van der Waals surface area contributed by atoms with E-state index in [0.717, 1.165) is 23.4 Å². The summed E-state index contributed by atoms with van der Waals surface area (Å²) >= 11 is 0. The van der Waals surface area contributed by atoms with Crippen molar-refractivity contribution >= 4 is 16.8 Å². The van der Waals surface area contributed by atoms with Crippen LogP contribution in [0.4, 0.5) is 0 Å². The molecule has 0 bridgehead atoms. The molecule has 4 rings (SSSR count). The molecule has 31 heavy (non-hydrogen) atoms. The Morgan fingerprint density at radius 1 is 1.00 bits per heavy atom. The zero-order chi connectivity index (χ0) is 22.0. The van der Waals surface area contributed by atoms with Gasteiger partial charge in [-0.15, -0.1) is 0 Å². The van der Waals surface area contributed by atoms with Gasteiger partial charge < -0.3 is 5.32 Å². The lowest BCUT2D eigenvalue weighted by atomic mass is 10.1. The number of nitrogens with one attached hydrogen (secondary N) is 1. The Morgan fingerprint density at radius 3 is 2.32 bits per heavy atom. The van der Waals surface area contributed by atoms with Crippen molar-refractivity contribution in [1.82, 2.24) is 24.9 Å². The highest BCUT2D eigenvalue weighted by atomic mass is 16.2. The van der Waals surface area contributed by atoms with Crippen LogP contribution in [0.1, 0.15) is 29.9 Å². The third-order valence-electron chi connectivity index (χ3n) is 5.44. The van der Waals surface area contributed by atoms with Crippen LogP contribution in [0.5, 0.6) is 0 Å². The van der Waals surface area contributed by atoms with E-state index in [2.05, 4.69) is 15.5 Å². The number of nitrogens with zero attached hydrogens (tertiary/aromatic N) is 4. The molecule has 0 fully saturated rings. The average molecular weight is 415 g/mol. The Labute approximate surface area is 180 Å². The first-order valence-electron chi connectivity index (χ1n) is 10.3. The molecule has 0 aliphatic heterocycles. The van der Waals surface area contributed by atoms with Gasteiger partial charge in [-0.2, -0.15) is 10.2 Å². The summed E-state index contributed by atoms with van der Waals surface area (Å²) in [6.45, 7) is 5.85. The van der Waals surface area contributed by atoms with Gasteiger partial charge >= 0.3 is 0 Å². The van der Waals surface area contributed by atoms with Gasteiger partial charge in [0.2, 0.25) is 5.91 Å². The average Bonchev–Trinajstić information content (AvgIpc) is 3.15. The Kier molecular flexibility index (Phi) is 5.66. The number of fused-ring (bicyclic) bond motifs is 1. The second kappa shape index (κ2) is 8.55. The number of carbonyl (C=O) groups excluding carboxylic acids is 1. The lowest BCUT2D eigenvalue weighted by molar-refractivity contribution is -0.124. The van der Waals surface area contributed by atoms with Crippen LogP contribution in [0, 0.1) is 13.8 Å². The maximum absolute atomic E-state index is 13.3. The molecule has 2 aromatic carbocycles. The molecule has 0 saturated carbocycles. The number of benzene rings is 2. The number of amides is 1. The van der Waals surface area contributed by atoms with Crippen molar-refractivity contribution in [3.8, 4) is 5.69 Å². The largest absolute Gasteiger partial charge is 0.354 e. The Hall–Kier alpha value is -3.74. The van der Waals surface area contributed by atoms with Crippen molar-refractivity contribution in [2.75, 3.05) is 6.54 Å². The topological polar surface area (TPSA) is 81.8 Å². The highest BCUT2D eigenvalue weighted by Gasteiger charge is 2.23. The molecule has 0 aliphatic rings. The van der Waals surface area contributed by atoms with E-state index in [0.29, 0.717) is 23.1 Å². The summed E-state index contributed by atoms with van der Waals surface area (Å²) in [5, 5.41) is 12.4. The van der Waals surface area contributed by atoms with E-state index in [-0.39, 0.29) is 11.5 Å². The molecular formula is C24H25N5O2. The van der Waals surface area contributed by atoms with Gasteiger partial charge in [-0.05, 0) is 44.9 Å². The normalized spacial score (nSPS) is 12.1. The van der Waals surface area contributed by atoms with Gasteiger partial charge in [0.25, 0.3) is 5.56 Å². The van der Waals surface area contributed by atoms with E-state index < -0.39 is 6.04 Å². The Balaban J connectivity index is 1.61. The van der Waals surface area contributed by atoms with Crippen LogP contribution in [-0.2, 0) is 11.2 Å². The van der Waals surface area contributed by atoms with Gasteiger partial charge in [-0.25, -0.2) is 9.36 Å². The maximum Gasteiger partial charge on any atom is 0.278 e. The minimum atomic E-state index is -0.731. The van der Waals surface area contributed by atoms with Gasteiger partial charge in [0.15, 0.2) is 0 Å². The summed E-state index contributed by atoms with van der Waals surface area (Å²) in [5.74, 6) is -0.239. The fourth-order valence-electron chi connectivity index (χ4n) is 3.70. The van der Waals surface area contributed by atoms with Crippen molar-refractivity contribution in [3.05, 3.63) is 88.0 Å². The first-order valence-corrected chi connectivity index (χ1v) is 10.3. The van der Waals surface area contributed by atoms with Crippen LogP contribution in [-0.4, -0.2) is 32.0 Å². The molecule has 7 nitrogen and oxygen atoms in total. The van der Waals surface area contributed by atoms with Crippen molar-refractivity contribution in [2.45, 2.75) is 33.2 Å². The third kappa shape index (κ3) is 3.99. The van der Waals surface area contributed by atoms with E-state index in [1.165, 1.54) is 4.68 Å². The first kappa shape index (κ1) is 20.5. The standard InChI is InChI=1S/C24H25N5O2/c1-16-22-21(17(2)28(27-22)20-12-8-5-9-13-20)24(31)29(26-16)18(3)23(30)25-15-14-19-10-6-4-7-11-19/h4-13,18H,14-15H2,1-3H3,(H,25,30)/t18-/m1/s1. The van der Waals surface area contributed by atoms with Crippen LogP contribution in [0.15, 0.2) is 65.5 Å². The van der Waals surface area contributed by atoms with E-state index in [4.69, 9.17) is 0 Å². The van der Waals surface area contributed by atoms with Gasteiger partial charge in [0.05, 0.1) is 22.5 Å². The fourth-order valence-corrected chi connectivity index (χ4v) is 3.70. The van der Waals surface area contributed by atoms with Crippen LogP contribution in [0.25, 0.3) is 16.6 Å². The lowest BCUT2D eigenvalue weighted by Crippen LogP contribution is -2.38.